The fourth-order valence-electron chi connectivity index (χ4n) is 3.39. The van der Waals surface area contributed by atoms with E-state index in [0.29, 0.717) is 62.3 Å². The molecule has 0 aromatic heterocycles. The highest BCUT2D eigenvalue weighted by Gasteiger charge is 2.19. The largest absolute Gasteiger partial charge is 0.486 e. The first kappa shape index (κ1) is 19.5. The van der Waals surface area contributed by atoms with E-state index in [4.69, 9.17) is 14.2 Å². The molecule has 2 N–H and O–H groups in total. The minimum atomic E-state index is -0.470. The lowest BCUT2D eigenvalue weighted by Gasteiger charge is -2.29. The Labute approximate surface area is 168 Å². The number of halogens is 1. The number of para-hydroxylation sites is 2. The summed E-state index contributed by atoms with van der Waals surface area (Å²) in [6.45, 7) is 3.66. The number of benzene rings is 2. The van der Waals surface area contributed by atoms with Crippen molar-refractivity contribution in [2.45, 2.75) is 12.5 Å². The van der Waals surface area contributed by atoms with Crippen molar-refractivity contribution in [1.82, 2.24) is 0 Å². The van der Waals surface area contributed by atoms with Crippen LogP contribution >= 0.6 is 0 Å². The summed E-state index contributed by atoms with van der Waals surface area (Å²) in [5.41, 5.74) is 1.43. The van der Waals surface area contributed by atoms with E-state index in [0.717, 1.165) is 6.42 Å². The molecule has 1 unspecified atom stereocenters. The molecular formula is C21H24FN3O4. The average molecular weight is 401 g/mol. The highest BCUT2D eigenvalue weighted by atomic mass is 19.1. The van der Waals surface area contributed by atoms with Crippen LogP contribution in [0, 0.1) is 5.82 Å². The maximum absolute atomic E-state index is 14.5. The van der Waals surface area contributed by atoms with Crippen LogP contribution < -0.4 is 20.3 Å². The molecule has 29 heavy (non-hydrogen) atoms. The van der Waals surface area contributed by atoms with Crippen LogP contribution in [0.2, 0.25) is 0 Å². The number of ether oxygens (including phenoxy) is 3. The number of urea groups is 1. The summed E-state index contributed by atoms with van der Waals surface area (Å²) < 4.78 is 31.1. The molecule has 0 aliphatic carbocycles. The fraction of sp³-hybridized carbons (Fsp3) is 0.381. The van der Waals surface area contributed by atoms with Gasteiger partial charge in [0.15, 0.2) is 0 Å². The molecule has 2 saturated heterocycles. The first-order chi connectivity index (χ1) is 14.2. The molecule has 8 heteroatoms. The number of morpholine rings is 1. The predicted molar refractivity (Wildman–Crippen MR) is 108 cm³/mol. The van der Waals surface area contributed by atoms with Crippen LogP contribution in [-0.4, -0.2) is 51.7 Å². The molecular weight excluding hydrogens is 377 g/mol. The quantitative estimate of drug-likeness (QED) is 0.803. The van der Waals surface area contributed by atoms with Crippen molar-refractivity contribution in [2.24, 2.45) is 0 Å². The van der Waals surface area contributed by atoms with Crippen LogP contribution in [0.15, 0.2) is 42.5 Å². The number of nitrogens with one attached hydrogen (secondary N) is 2. The molecule has 2 aliphatic rings. The molecule has 2 fully saturated rings. The normalized spacial score (nSPS) is 19.1. The van der Waals surface area contributed by atoms with Crippen LogP contribution in [-0.2, 0) is 9.47 Å². The van der Waals surface area contributed by atoms with E-state index in [-0.39, 0.29) is 11.9 Å². The van der Waals surface area contributed by atoms with Gasteiger partial charge in [0.1, 0.15) is 17.7 Å². The summed E-state index contributed by atoms with van der Waals surface area (Å²) in [6, 6.07) is 11.4. The summed E-state index contributed by atoms with van der Waals surface area (Å²) in [4.78, 5) is 14.4. The number of amides is 2. The second kappa shape index (κ2) is 9.11. The third-order valence-electron chi connectivity index (χ3n) is 4.87. The van der Waals surface area contributed by atoms with E-state index in [9.17, 15) is 9.18 Å². The van der Waals surface area contributed by atoms with Crippen molar-refractivity contribution in [2.75, 3.05) is 55.1 Å². The second-order valence-electron chi connectivity index (χ2n) is 6.94. The highest BCUT2D eigenvalue weighted by molar-refractivity contribution is 6.00. The summed E-state index contributed by atoms with van der Waals surface area (Å²) in [7, 11) is 0. The van der Waals surface area contributed by atoms with Crippen LogP contribution in [0.3, 0.4) is 0 Å². The van der Waals surface area contributed by atoms with Crippen molar-refractivity contribution in [3.63, 3.8) is 0 Å². The van der Waals surface area contributed by atoms with Crippen molar-refractivity contribution >= 4 is 23.1 Å². The van der Waals surface area contributed by atoms with Gasteiger partial charge in [-0.05, 0) is 30.3 Å². The molecule has 1 atom stereocenters. The lowest BCUT2D eigenvalue weighted by molar-refractivity contribution is 0.122. The van der Waals surface area contributed by atoms with E-state index >= 15 is 0 Å². The molecule has 2 aromatic rings. The van der Waals surface area contributed by atoms with Crippen LogP contribution in [0.25, 0.3) is 0 Å². The van der Waals surface area contributed by atoms with Gasteiger partial charge in [-0.2, -0.15) is 0 Å². The zero-order valence-electron chi connectivity index (χ0n) is 16.0. The Morgan fingerprint density at radius 1 is 1.07 bits per heavy atom. The molecule has 0 bridgehead atoms. The average Bonchev–Trinajstić information content (AvgIpc) is 3.23. The number of hydrogen-bond acceptors (Lipinski definition) is 5. The SMILES string of the molecule is O=C(Nc1ccc(N2CCOCC2)c(F)c1)Nc1ccccc1OC1CCOC1. The topological polar surface area (TPSA) is 72.1 Å². The van der Waals surface area contributed by atoms with E-state index in [1.807, 2.05) is 17.0 Å². The zero-order valence-corrected chi connectivity index (χ0v) is 16.0. The Balaban J connectivity index is 1.39. The molecule has 0 radical (unpaired) electrons. The maximum atomic E-state index is 14.5. The Kier molecular flexibility index (Phi) is 6.12. The van der Waals surface area contributed by atoms with Crippen LogP contribution in [0.1, 0.15) is 6.42 Å². The van der Waals surface area contributed by atoms with Crippen molar-refractivity contribution in [3.8, 4) is 5.75 Å². The minimum absolute atomic E-state index is 0.0251. The first-order valence-corrected chi connectivity index (χ1v) is 9.73. The highest BCUT2D eigenvalue weighted by Crippen LogP contribution is 2.27. The zero-order chi connectivity index (χ0) is 20.1. The second-order valence-corrected chi connectivity index (χ2v) is 6.94. The Morgan fingerprint density at radius 2 is 1.90 bits per heavy atom. The molecule has 154 valence electrons. The van der Waals surface area contributed by atoms with Crippen molar-refractivity contribution in [1.29, 1.82) is 0 Å². The fourth-order valence-corrected chi connectivity index (χ4v) is 3.39. The minimum Gasteiger partial charge on any atom is -0.486 e. The molecule has 4 rings (SSSR count). The lowest BCUT2D eigenvalue weighted by atomic mass is 10.2. The summed E-state index contributed by atoms with van der Waals surface area (Å²) in [6.07, 6.45) is 0.790. The predicted octanol–water partition coefficient (Wildman–Crippen LogP) is 3.47. The number of anilines is 3. The van der Waals surface area contributed by atoms with Gasteiger partial charge in [-0.25, -0.2) is 9.18 Å². The smallest absolute Gasteiger partial charge is 0.323 e. The third kappa shape index (κ3) is 4.96. The van der Waals surface area contributed by atoms with Gasteiger partial charge in [-0.3, -0.25) is 0 Å². The number of rotatable bonds is 5. The third-order valence-corrected chi connectivity index (χ3v) is 4.87. The van der Waals surface area contributed by atoms with Crippen molar-refractivity contribution < 1.29 is 23.4 Å². The molecule has 2 aliphatic heterocycles. The molecule has 0 saturated carbocycles. The van der Waals surface area contributed by atoms with Crippen LogP contribution in [0.4, 0.5) is 26.2 Å². The van der Waals surface area contributed by atoms with Gasteiger partial charge in [0.25, 0.3) is 0 Å². The molecule has 2 aromatic carbocycles. The van der Waals surface area contributed by atoms with E-state index < -0.39 is 6.03 Å². The first-order valence-electron chi connectivity index (χ1n) is 9.73. The van der Waals surface area contributed by atoms with Crippen LogP contribution in [0.5, 0.6) is 5.75 Å². The van der Waals surface area contributed by atoms with Gasteiger partial charge < -0.3 is 29.7 Å². The van der Waals surface area contributed by atoms with Crippen molar-refractivity contribution in [3.05, 3.63) is 48.3 Å². The van der Waals surface area contributed by atoms with Gasteiger partial charge in [0.05, 0.1) is 37.8 Å². The molecule has 2 heterocycles. The molecule has 2 amide bonds. The number of hydrogen-bond donors (Lipinski definition) is 2. The van der Waals surface area contributed by atoms with E-state index in [1.54, 1.807) is 24.3 Å². The molecule has 0 spiro atoms. The van der Waals surface area contributed by atoms with Gasteiger partial charge in [-0.1, -0.05) is 12.1 Å². The number of carbonyl (C=O) groups is 1. The Hall–Kier alpha value is -2.84. The number of carbonyl (C=O) groups excluding carboxylic acids is 1. The lowest BCUT2D eigenvalue weighted by Crippen LogP contribution is -2.36. The maximum Gasteiger partial charge on any atom is 0.323 e. The van der Waals surface area contributed by atoms with E-state index in [2.05, 4.69) is 10.6 Å². The summed E-state index contributed by atoms with van der Waals surface area (Å²) in [5, 5.41) is 5.43. The Bertz CT molecular complexity index is 852. The van der Waals surface area contributed by atoms with Gasteiger partial charge >= 0.3 is 6.03 Å². The summed E-state index contributed by atoms with van der Waals surface area (Å²) in [5.74, 6) is 0.196. The Morgan fingerprint density at radius 3 is 2.66 bits per heavy atom. The standard InChI is InChI=1S/C21H24FN3O4/c22-17-13-15(5-6-19(17)25-8-11-27-12-9-25)23-21(26)24-18-3-1-2-4-20(18)29-16-7-10-28-14-16/h1-6,13,16H,7-12,14H2,(H2,23,24,26). The van der Waals surface area contributed by atoms with E-state index in [1.165, 1.54) is 6.07 Å². The van der Waals surface area contributed by atoms with Gasteiger partial charge in [-0.15, -0.1) is 0 Å². The summed E-state index contributed by atoms with van der Waals surface area (Å²) >= 11 is 0. The van der Waals surface area contributed by atoms with Gasteiger partial charge in [0.2, 0.25) is 0 Å². The van der Waals surface area contributed by atoms with Gasteiger partial charge in [0, 0.05) is 25.2 Å². The number of nitrogens with zero attached hydrogens (tertiary/aromatic N) is 1. The monoisotopic (exact) mass is 401 g/mol. The molecule has 7 nitrogen and oxygen atoms in total.